The monoisotopic (exact) mass is 350 g/mol. The molecule has 0 bridgehead atoms. The Hall–Kier alpha value is -2.62. The van der Waals surface area contributed by atoms with E-state index in [1.165, 1.54) is 6.42 Å². The minimum Gasteiger partial charge on any atom is -0.354 e. The van der Waals surface area contributed by atoms with Gasteiger partial charge >= 0.3 is 0 Å². The van der Waals surface area contributed by atoms with Crippen LogP contribution in [0.3, 0.4) is 0 Å². The Morgan fingerprint density at radius 1 is 0.769 bits per heavy atom. The van der Waals surface area contributed by atoms with Crippen LogP contribution in [0, 0.1) is 5.92 Å². The van der Waals surface area contributed by atoms with Crippen LogP contribution in [0.25, 0.3) is 11.1 Å². The smallest absolute Gasteiger partial charge is 0.251 e. The minimum absolute atomic E-state index is 0.114. The van der Waals surface area contributed by atoms with Crippen molar-refractivity contribution in [2.75, 3.05) is 13.1 Å². The Labute approximate surface area is 155 Å². The van der Waals surface area contributed by atoms with E-state index >= 15 is 0 Å². The first-order valence-corrected chi connectivity index (χ1v) is 9.45. The second kappa shape index (κ2) is 9.18. The van der Waals surface area contributed by atoms with Crippen molar-refractivity contribution in [1.29, 1.82) is 0 Å². The van der Waals surface area contributed by atoms with Crippen LogP contribution >= 0.6 is 0 Å². The lowest BCUT2D eigenvalue weighted by Gasteiger charge is -2.20. The number of carbonyl (C=O) groups excluding carboxylic acids is 2. The first-order valence-electron chi connectivity index (χ1n) is 9.45. The summed E-state index contributed by atoms with van der Waals surface area (Å²) >= 11 is 0. The van der Waals surface area contributed by atoms with Crippen molar-refractivity contribution in [3.8, 4) is 11.1 Å². The molecule has 0 atom stereocenters. The molecule has 0 saturated heterocycles. The van der Waals surface area contributed by atoms with E-state index < -0.39 is 0 Å². The summed E-state index contributed by atoms with van der Waals surface area (Å²) in [6.07, 6.45) is 5.52. The summed E-state index contributed by atoms with van der Waals surface area (Å²) in [6.45, 7) is 0.918. The predicted molar refractivity (Wildman–Crippen MR) is 104 cm³/mol. The molecule has 0 heterocycles. The van der Waals surface area contributed by atoms with E-state index in [4.69, 9.17) is 0 Å². The van der Waals surface area contributed by atoms with Crippen molar-refractivity contribution >= 4 is 11.8 Å². The van der Waals surface area contributed by atoms with Crippen molar-refractivity contribution in [2.45, 2.75) is 32.1 Å². The maximum Gasteiger partial charge on any atom is 0.251 e. The van der Waals surface area contributed by atoms with Gasteiger partial charge < -0.3 is 10.6 Å². The van der Waals surface area contributed by atoms with Crippen LogP contribution in [0.15, 0.2) is 54.6 Å². The number of hydrogen-bond donors (Lipinski definition) is 2. The molecule has 2 aromatic rings. The summed E-state index contributed by atoms with van der Waals surface area (Å²) in [5.41, 5.74) is 2.84. The van der Waals surface area contributed by atoms with E-state index in [1.807, 2.05) is 54.6 Å². The average molecular weight is 350 g/mol. The summed E-state index contributed by atoms with van der Waals surface area (Å²) in [5, 5.41) is 5.80. The zero-order chi connectivity index (χ0) is 18.2. The molecule has 0 aliphatic heterocycles. The van der Waals surface area contributed by atoms with Crippen LogP contribution in [0.4, 0.5) is 0 Å². The molecule has 136 valence electrons. The van der Waals surface area contributed by atoms with Crippen LogP contribution in [-0.2, 0) is 4.79 Å². The normalized spacial score (nSPS) is 14.6. The highest BCUT2D eigenvalue weighted by Gasteiger charge is 2.20. The molecule has 1 fully saturated rings. The van der Waals surface area contributed by atoms with E-state index in [-0.39, 0.29) is 17.7 Å². The first kappa shape index (κ1) is 18.2. The molecule has 0 radical (unpaired) electrons. The Kier molecular flexibility index (Phi) is 6.42. The van der Waals surface area contributed by atoms with Crippen molar-refractivity contribution in [2.24, 2.45) is 5.92 Å². The second-order valence-corrected chi connectivity index (χ2v) is 6.83. The molecule has 0 spiro atoms. The van der Waals surface area contributed by atoms with Crippen LogP contribution in [0.2, 0.25) is 0 Å². The third-order valence-electron chi connectivity index (χ3n) is 4.94. The molecular formula is C22H26N2O2. The van der Waals surface area contributed by atoms with Gasteiger partial charge in [0.2, 0.25) is 5.91 Å². The summed E-state index contributed by atoms with van der Waals surface area (Å²) in [4.78, 5) is 24.3. The Morgan fingerprint density at radius 2 is 1.38 bits per heavy atom. The molecule has 3 rings (SSSR count). The molecule has 4 heteroatoms. The molecule has 2 amide bonds. The van der Waals surface area contributed by atoms with Crippen molar-refractivity contribution in [3.63, 3.8) is 0 Å². The lowest BCUT2D eigenvalue weighted by atomic mass is 9.89. The maximum atomic E-state index is 12.2. The molecule has 4 nitrogen and oxygen atoms in total. The second-order valence-electron chi connectivity index (χ2n) is 6.83. The van der Waals surface area contributed by atoms with Crippen LogP contribution in [0.5, 0.6) is 0 Å². The molecular weight excluding hydrogens is 324 g/mol. The van der Waals surface area contributed by atoms with Crippen LogP contribution in [-0.4, -0.2) is 24.9 Å². The van der Waals surface area contributed by atoms with Gasteiger partial charge in [0.25, 0.3) is 5.91 Å². The lowest BCUT2D eigenvalue weighted by molar-refractivity contribution is -0.125. The number of rotatable bonds is 6. The molecule has 2 N–H and O–H groups in total. The molecule has 0 unspecified atom stereocenters. The van der Waals surface area contributed by atoms with Gasteiger partial charge in [0.05, 0.1) is 0 Å². The Morgan fingerprint density at radius 3 is 2.08 bits per heavy atom. The fourth-order valence-electron chi connectivity index (χ4n) is 3.42. The van der Waals surface area contributed by atoms with Gasteiger partial charge in [-0.15, -0.1) is 0 Å². The zero-order valence-corrected chi connectivity index (χ0v) is 15.0. The Balaban J connectivity index is 1.42. The van der Waals surface area contributed by atoms with Gasteiger partial charge in [0.1, 0.15) is 0 Å². The average Bonchev–Trinajstić information content (AvgIpc) is 2.72. The number of amides is 2. The van der Waals surface area contributed by atoms with E-state index in [0.29, 0.717) is 18.7 Å². The van der Waals surface area contributed by atoms with Gasteiger partial charge in [0, 0.05) is 24.6 Å². The third kappa shape index (κ3) is 4.94. The van der Waals surface area contributed by atoms with Gasteiger partial charge in [-0.05, 0) is 36.1 Å². The van der Waals surface area contributed by atoms with Gasteiger partial charge in [-0.3, -0.25) is 9.59 Å². The van der Waals surface area contributed by atoms with Crippen molar-refractivity contribution in [3.05, 3.63) is 60.2 Å². The highest BCUT2D eigenvalue weighted by molar-refractivity contribution is 5.94. The number of carbonyl (C=O) groups is 2. The molecule has 2 aromatic carbocycles. The van der Waals surface area contributed by atoms with Gasteiger partial charge in [0.15, 0.2) is 0 Å². The number of benzene rings is 2. The number of nitrogens with one attached hydrogen (secondary N) is 2. The summed E-state index contributed by atoms with van der Waals surface area (Å²) in [5.74, 6) is 0.174. The van der Waals surface area contributed by atoms with Crippen LogP contribution < -0.4 is 10.6 Å². The van der Waals surface area contributed by atoms with Gasteiger partial charge in [-0.25, -0.2) is 0 Å². The van der Waals surface area contributed by atoms with Crippen molar-refractivity contribution < 1.29 is 9.59 Å². The van der Waals surface area contributed by atoms with E-state index in [0.717, 1.165) is 36.8 Å². The van der Waals surface area contributed by atoms with Gasteiger partial charge in [-0.1, -0.05) is 61.7 Å². The summed E-state index contributed by atoms with van der Waals surface area (Å²) in [6, 6.07) is 17.6. The number of hydrogen-bond acceptors (Lipinski definition) is 2. The van der Waals surface area contributed by atoms with Crippen molar-refractivity contribution in [1.82, 2.24) is 10.6 Å². The standard InChI is InChI=1S/C22H26N2O2/c25-21(19-9-5-2-6-10-19)23-15-16-24-22(26)20-13-11-18(12-14-20)17-7-3-1-4-8-17/h1,3-4,7-8,11-14,19H,2,5-6,9-10,15-16H2,(H,23,25)(H,24,26). The predicted octanol–water partition coefficient (Wildman–Crippen LogP) is 3.78. The minimum atomic E-state index is -0.114. The van der Waals surface area contributed by atoms with Crippen LogP contribution in [0.1, 0.15) is 42.5 Å². The molecule has 1 aliphatic carbocycles. The van der Waals surface area contributed by atoms with E-state index in [2.05, 4.69) is 10.6 Å². The maximum absolute atomic E-state index is 12.2. The largest absolute Gasteiger partial charge is 0.354 e. The lowest BCUT2D eigenvalue weighted by Crippen LogP contribution is -2.38. The highest BCUT2D eigenvalue weighted by atomic mass is 16.2. The van der Waals surface area contributed by atoms with Gasteiger partial charge in [-0.2, -0.15) is 0 Å². The Bertz CT molecular complexity index is 720. The molecule has 1 saturated carbocycles. The fraction of sp³-hybridized carbons (Fsp3) is 0.364. The molecule has 26 heavy (non-hydrogen) atoms. The SMILES string of the molecule is O=C(NCCNC(=O)C1CCCCC1)c1ccc(-c2ccccc2)cc1. The first-order chi connectivity index (χ1) is 12.7. The third-order valence-corrected chi connectivity index (χ3v) is 4.94. The summed E-state index contributed by atoms with van der Waals surface area (Å²) < 4.78 is 0. The topological polar surface area (TPSA) is 58.2 Å². The molecule has 1 aliphatic rings. The fourth-order valence-corrected chi connectivity index (χ4v) is 3.42. The molecule has 0 aromatic heterocycles. The van der Waals surface area contributed by atoms with E-state index in [9.17, 15) is 9.59 Å². The highest BCUT2D eigenvalue weighted by Crippen LogP contribution is 2.23. The van der Waals surface area contributed by atoms with E-state index in [1.54, 1.807) is 0 Å². The quantitative estimate of drug-likeness (QED) is 0.779. The summed E-state index contributed by atoms with van der Waals surface area (Å²) in [7, 11) is 0. The zero-order valence-electron chi connectivity index (χ0n) is 15.0.